The molecule has 0 bridgehead atoms. The molecule has 0 saturated heterocycles. The monoisotopic (exact) mass is 443 g/mol. The average molecular weight is 443 g/mol. The Kier molecular flexibility index (Phi) is 4.78. The standard InChI is InChI=1S/C22H21N9O2/c32-20(30-5-6-31-18(12-30)25-13-26-31)9-19-28-29-21(33-19)16-10-23-22(24-11-16)27-17-7-14-3-1-2-4-15(14)8-17/h1-4,10-11,13,17H,5-9,12H2,(H,23,24,27). The van der Waals surface area contributed by atoms with Crippen LogP contribution in [0.25, 0.3) is 11.5 Å². The van der Waals surface area contributed by atoms with Gasteiger partial charge in [0.15, 0.2) is 0 Å². The van der Waals surface area contributed by atoms with Gasteiger partial charge in [-0.05, 0) is 24.0 Å². The first-order valence-corrected chi connectivity index (χ1v) is 10.8. The first-order valence-electron chi connectivity index (χ1n) is 10.8. The molecule has 166 valence electrons. The summed E-state index contributed by atoms with van der Waals surface area (Å²) in [5.74, 6) is 1.79. The lowest BCUT2D eigenvalue weighted by atomic mass is 10.1. The van der Waals surface area contributed by atoms with Gasteiger partial charge in [0.05, 0.1) is 18.7 Å². The SMILES string of the molecule is O=C(Cc1nnc(-c2cnc(NC3Cc4ccccc4C3)nc2)o1)N1CCn2ncnc2C1. The quantitative estimate of drug-likeness (QED) is 0.485. The Labute approximate surface area is 188 Å². The highest BCUT2D eigenvalue weighted by molar-refractivity contribution is 5.77. The number of nitrogens with one attached hydrogen (secondary N) is 1. The lowest BCUT2D eigenvalue weighted by Gasteiger charge is -2.26. The minimum Gasteiger partial charge on any atom is -0.420 e. The van der Waals surface area contributed by atoms with E-state index in [1.165, 1.54) is 17.5 Å². The number of carbonyl (C=O) groups is 1. The topological polar surface area (TPSA) is 128 Å². The molecule has 1 N–H and O–H groups in total. The molecule has 0 saturated carbocycles. The fraction of sp³-hybridized carbons (Fsp3) is 0.318. The zero-order valence-corrected chi connectivity index (χ0v) is 17.8. The number of aromatic nitrogens is 7. The Bertz CT molecular complexity index is 1270. The predicted molar refractivity (Wildman–Crippen MR) is 116 cm³/mol. The van der Waals surface area contributed by atoms with Crippen molar-refractivity contribution in [1.29, 1.82) is 0 Å². The molecule has 11 heteroatoms. The fourth-order valence-corrected chi connectivity index (χ4v) is 4.31. The summed E-state index contributed by atoms with van der Waals surface area (Å²) in [6, 6.07) is 8.74. The van der Waals surface area contributed by atoms with Gasteiger partial charge in [-0.2, -0.15) is 5.10 Å². The van der Waals surface area contributed by atoms with Crippen LogP contribution in [0.3, 0.4) is 0 Å². The van der Waals surface area contributed by atoms with Crippen molar-refractivity contribution >= 4 is 11.9 Å². The highest BCUT2D eigenvalue weighted by Gasteiger charge is 2.24. The Balaban J connectivity index is 1.07. The van der Waals surface area contributed by atoms with Crippen molar-refractivity contribution in [2.24, 2.45) is 0 Å². The number of rotatable bonds is 5. The summed E-state index contributed by atoms with van der Waals surface area (Å²) in [6.45, 7) is 1.62. The molecule has 0 atom stereocenters. The molecule has 0 fully saturated rings. The van der Waals surface area contributed by atoms with Crippen LogP contribution in [0.4, 0.5) is 5.95 Å². The van der Waals surface area contributed by atoms with Gasteiger partial charge >= 0.3 is 0 Å². The van der Waals surface area contributed by atoms with Gasteiger partial charge in [-0.15, -0.1) is 10.2 Å². The Morgan fingerprint density at radius 2 is 1.85 bits per heavy atom. The number of amides is 1. The maximum absolute atomic E-state index is 12.6. The molecule has 33 heavy (non-hydrogen) atoms. The molecule has 4 heterocycles. The van der Waals surface area contributed by atoms with Gasteiger partial charge in [-0.25, -0.2) is 19.6 Å². The van der Waals surface area contributed by atoms with E-state index in [0.717, 1.165) is 18.7 Å². The molecule has 1 aliphatic carbocycles. The summed E-state index contributed by atoms with van der Waals surface area (Å²) in [7, 11) is 0. The zero-order chi connectivity index (χ0) is 22.2. The number of hydrogen-bond acceptors (Lipinski definition) is 9. The van der Waals surface area contributed by atoms with Crippen molar-refractivity contribution < 1.29 is 9.21 Å². The summed E-state index contributed by atoms with van der Waals surface area (Å²) in [6.07, 6.45) is 6.74. The van der Waals surface area contributed by atoms with Gasteiger partial charge in [-0.1, -0.05) is 24.3 Å². The normalized spacial score (nSPS) is 15.3. The molecule has 1 amide bonds. The average Bonchev–Trinajstić information content (AvgIpc) is 3.58. The third-order valence-electron chi connectivity index (χ3n) is 6.01. The van der Waals surface area contributed by atoms with Crippen LogP contribution in [-0.4, -0.2) is 58.3 Å². The van der Waals surface area contributed by atoms with Gasteiger partial charge in [-0.3, -0.25) is 4.79 Å². The maximum atomic E-state index is 12.6. The van der Waals surface area contributed by atoms with Crippen LogP contribution in [0.15, 0.2) is 47.4 Å². The molecule has 4 aromatic rings. The van der Waals surface area contributed by atoms with E-state index in [1.807, 2.05) is 0 Å². The van der Waals surface area contributed by atoms with Crippen LogP contribution in [-0.2, 0) is 37.1 Å². The van der Waals surface area contributed by atoms with Crippen molar-refractivity contribution in [3.05, 3.63) is 65.8 Å². The summed E-state index contributed by atoms with van der Waals surface area (Å²) in [5, 5.41) is 15.6. The summed E-state index contributed by atoms with van der Waals surface area (Å²) in [4.78, 5) is 27.3. The molecule has 1 aliphatic heterocycles. The molecule has 0 spiro atoms. The van der Waals surface area contributed by atoms with Crippen molar-refractivity contribution in [2.45, 2.75) is 38.4 Å². The number of carbonyl (C=O) groups excluding carboxylic acids is 1. The van der Waals surface area contributed by atoms with Crippen LogP contribution in [0, 0.1) is 0 Å². The lowest BCUT2D eigenvalue weighted by molar-refractivity contribution is -0.132. The van der Waals surface area contributed by atoms with E-state index in [2.05, 4.69) is 59.8 Å². The summed E-state index contributed by atoms with van der Waals surface area (Å²) < 4.78 is 7.50. The lowest BCUT2D eigenvalue weighted by Crippen LogP contribution is -2.39. The summed E-state index contributed by atoms with van der Waals surface area (Å²) in [5.41, 5.74) is 3.34. The smallest absolute Gasteiger partial charge is 0.250 e. The second-order valence-corrected chi connectivity index (χ2v) is 8.21. The Morgan fingerprint density at radius 3 is 2.64 bits per heavy atom. The van der Waals surface area contributed by atoms with E-state index < -0.39 is 0 Å². The number of hydrogen-bond donors (Lipinski definition) is 1. The molecule has 0 unspecified atom stereocenters. The fourth-order valence-electron chi connectivity index (χ4n) is 4.31. The van der Waals surface area contributed by atoms with Gasteiger partial charge in [0, 0.05) is 25.0 Å². The largest absolute Gasteiger partial charge is 0.420 e. The van der Waals surface area contributed by atoms with E-state index in [1.54, 1.807) is 22.0 Å². The van der Waals surface area contributed by atoms with Crippen LogP contribution in [0.2, 0.25) is 0 Å². The number of anilines is 1. The van der Waals surface area contributed by atoms with E-state index in [0.29, 0.717) is 31.1 Å². The minimum absolute atomic E-state index is 0.0316. The third kappa shape index (κ3) is 3.93. The van der Waals surface area contributed by atoms with Crippen molar-refractivity contribution in [3.8, 4) is 11.5 Å². The highest BCUT2D eigenvalue weighted by atomic mass is 16.4. The van der Waals surface area contributed by atoms with Crippen molar-refractivity contribution in [2.75, 3.05) is 11.9 Å². The third-order valence-corrected chi connectivity index (χ3v) is 6.01. The molecule has 2 aliphatic rings. The molecule has 11 nitrogen and oxygen atoms in total. The zero-order valence-electron chi connectivity index (χ0n) is 17.8. The van der Waals surface area contributed by atoms with Crippen LogP contribution in [0.5, 0.6) is 0 Å². The van der Waals surface area contributed by atoms with Gasteiger partial charge in [0.25, 0.3) is 5.89 Å². The van der Waals surface area contributed by atoms with Gasteiger partial charge in [0.1, 0.15) is 18.6 Å². The number of nitrogens with zero attached hydrogens (tertiary/aromatic N) is 8. The second kappa shape index (κ2) is 8.08. The van der Waals surface area contributed by atoms with Crippen LogP contribution < -0.4 is 5.32 Å². The van der Waals surface area contributed by atoms with E-state index in [9.17, 15) is 4.79 Å². The molecule has 0 radical (unpaired) electrons. The van der Waals surface area contributed by atoms with E-state index in [4.69, 9.17) is 4.42 Å². The minimum atomic E-state index is -0.0900. The van der Waals surface area contributed by atoms with Gasteiger partial charge < -0.3 is 14.6 Å². The number of fused-ring (bicyclic) bond motifs is 2. The first kappa shape index (κ1) is 19.5. The van der Waals surface area contributed by atoms with Crippen LogP contribution in [0.1, 0.15) is 22.8 Å². The van der Waals surface area contributed by atoms with Crippen LogP contribution >= 0.6 is 0 Å². The molecular formula is C22H21N9O2. The second-order valence-electron chi connectivity index (χ2n) is 8.21. The number of benzene rings is 1. The van der Waals surface area contributed by atoms with Crippen molar-refractivity contribution in [1.82, 2.24) is 39.8 Å². The predicted octanol–water partition coefficient (Wildman–Crippen LogP) is 1.28. The van der Waals surface area contributed by atoms with Gasteiger partial charge in [0.2, 0.25) is 17.7 Å². The Hall–Kier alpha value is -4.15. The molecule has 6 rings (SSSR count). The Morgan fingerprint density at radius 1 is 1.06 bits per heavy atom. The molecule has 3 aromatic heterocycles. The van der Waals surface area contributed by atoms with E-state index >= 15 is 0 Å². The molecular weight excluding hydrogens is 422 g/mol. The van der Waals surface area contributed by atoms with Crippen molar-refractivity contribution in [3.63, 3.8) is 0 Å². The molecule has 1 aromatic carbocycles. The highest BCUT2D eigenvalue weighted by Crippen LogP contribution is 2.24. The maximum Gasteiger partial charge on any atom is 0.250 e. The van der Waals surface area contributed by atoms with E-state index in [-0.39, 0.29) is 30.2 Å². The summed E-state index contributed by atoms with van der Waals surface area (Å²) >= 11 is 0. The first-order chi connectivity index (χ1) is 16.2.